The Kier molecular flexibility index (Phi) is 4.26. The first kappa shape index (κ1) is 14.5. The molecule has 7 heteroatoms. The van der Waals surface area contributed by atoms with Crippen LogP contribution in [-0.4, -0.2) is 51.2 Å². The van der Waals surface area contributed by atoms with E-state index in [2.05, 4.69) is 31.3 Å². The smallest absolute Gasteiger partial charge is 0.245 e. The summed E-state index contributed by atoms with van der Waals surface area (Å²) in [6, 6.07) is 0.265. The van der Waals surface area contributed by atoms with E-state index >= 15 is 0 Å². The Bertz CT molecular complexity index is 623. The lowest BCUT2D eigenvalue weighted by Gasteiger charge is -2.22. The molecule has 3 rings (SSSR count). The molecule has 6 nitrogen and oxygen atoms in total. The number of likely N-dealkylation sites (tertiary alicyclic amines) is 1. The first-order valence-corrected chi connectivity index (χ1v) is 7.82. The van der Waals surface area contributed by atoms with Crippen molar-refractivity contribution in [3.63, 3.8) is 0 Å². The summed E-state index contributed by atoms with van der Waals surface area (Å²) in [7, 11) is 1.59. The first-order chi connectivity index (χ1) is 10.2. The Hall–Kier alpha value is -1.40. The molecule has 0 radical (unpaired) electrons. The predicted molar refractivity (Wildman–Crippen MR) is 81.8 cm³/mol. The molecule has 0 aromatic carbocycles. The highest BCUT2D eigenvalue weighted by atomic mass is 35.5. The van der Waals surface area contributed by atoms with Crippen LogP contribution in [0.2, 0.25) is 0 Å². The third kappa shape index (κ3) is 2.70. The van der Waals surface area contributed by atoms with Gasteiger partial charge in [-0.05, 0) is 32.9 Å². The van der Waals surface area contributed by atoms with Gasteiger partial charge in [-0.3, -0.25) is 0 Å². The normalized spacial score (nSPS) is 17.5. The van der Waals surface area contributed by atoms with E-state index in [0.29, 0.717) is 17.3 Å². The third-order valence-electron chi connectivity index (χ3n) is 3.99. The average molecular weight is 310 g/mol. The van der Waals surface area contributed by atoms with Gasteiger partial charge in [0.15, 0.2) is 11.2 Å². The van der Waals surface area contributed by atoms with Crippen LogP contribution in [-0.2, 0) is 5.88 Å². The van der Waals surface area contributed by atoms with Crippen LogP contribution in [0.5, 0.6) is 5.88 Å². The standard InChI is InChI=1S/C14H20ClN5O/c1-10(8-19-5-3-4-6-19)20-11(7-15)18-12-13(20)16-9-17-14(12)21-2/h9-10H,3-8H2,1-2H3. The maximum Gasteiger partial charge on any atom is 0.245 e. The number of hydrogen-bond acceptors (Lipinski definition) is 5. The molecule has 2 aromatic rings. The highest BCUT2D eigenvalue weighted by molar-refractivity contribution is 6.16. The highest BCUT2D eigenvalue weighted by Crippen LogP contribution is 2.26. The lowest BCUT2D eigenvalue weighted by molar-refractivity contribution is 0.288. The van der Waals surface area contributed by atoms with E-state index in [1.165, 1.54) is 32.3 Å². The zero-order valence-electron chi connectivity index (χ0n) is 12.4. The molecule has 0 N–H and O–H groups in total. The molecule has 1 aliphatic rings. The van der Waals surface area contributed by atoms with Gasteiger partial charge in [-0.1, -0.05) is 0 Å². The Balaban J connectivity index is 1.99. The maximum absolute atomic E-state index is 6.07. The average Bonchev–Trinajstić information content (AvgIpc) is 3.12. The summed E-state index contributed by atoms with van der Waals surface area (Å²) >= 11 is 6.07. The Morgan fingerprint density at radius 1 is 1.33 bits per heavy atom. The van der Waals surface area contributed by atoms with Gasteiger partial charge in [-0.2, -0.15) is 4.98 Å². The van der Waals surface area contributed by atoms with Gasteiger partial charge in [-0.15, -0.1) is 11.6 Å². The summed E-state index contributed by atoms with van der Waals surface area (Å²) in [6.45, 7) is 5.52. The molecule has 0 saturated carbocycles. The number of alkyl halides is 1. The molecular formula is C14H20ClN5O. The molecule has 0 aliphatic carbocycles. The summed E-state index contributed by atoms with van der Waals surface area (Å²) in [5.74, 6) is 1.67. The van der Waals surface area contributed by atoms with Crippen LogP contribution in [0.1, 0.15) is 31.6 Å². The van der Waals surface area contributed by atoms with Gasteiger partial charge in [0.25, 0.3) is 0 Å². The van der Waals surface area contributed by atoms with Crippen molar-refractivity contribution >= 4 is 22.8 Å². The zero-order valence-corrected chi connectivity index (χ0v) is 13.2. The minimum absolute atomic E-state index is 0.265. The molecule has 1 unspecified atom stereocenters. The highest BCUT2D eigenvalue weighted by Gasteiger charge is 2.22. The predicted octanol–water partition coefficient (Wildman–Crippen LogP) is 2.23. The van der Waals surface area contributed by atoms with Gasteiger partial charge in [0.1, 0.15) is 12.2 Å². The number of rotatable bonds is 5. The number of ether oxygens (including phenoxy) is 1. The van der Waals surface area contributed by atoms with Gasteiger partial charge in [0.2, 0.25) is 5.88 Å². The van der Waals surface area contributed by atoms with Gasteiger partial charge >= 0.3 is 0 Å². The monoisotopic (exact) mass is 309 g/mol. The fourth-order valence-electron chi connectivity index (χ4n) is 3.06. The van der Waals surface area contributed by atoms with E-state index in [9.17, 15) is 0 Å². The number of hydrogen-bond donors (Lipinski definition) is 0. The number of nitrogens with zero attached hydrogens (tertiary/aromatic N) is 5. The largest absolute Gasteiger partial charge is 0.479 e. The lowest BCUT2D eigenvalue weighted by atomic mass is 10.3. The molecule has 1 saturated heterocycles. The van der Waals surface area contributed by atoms with Crippen molar-refractivity contribution in [3.8, 4) is 5.88 Å². The first-order valence-electron chi connectivity index (χ1n) is 7.28. The van der Waals surface area contributed by atoms with E-state index in [1.54, 1.807) is 7.11 Å². The van der Waals surface area contributed by atoms with Crippen molar-refractivity contribution in [3.05, 3.63) is 12.2 Å². The van der Waals surface area contributed by atoms with Crippen molar-refractivity contribution in [2.24, 2.45) is 0 Å². The van der Waals surface area contributed by atoms with E-state index in [1.807, 2.05) is 0 Å². The van der Waals surface area contributed by atoms with Crippen molar-refractivity contribution in [1.82, 2.24) is 24.4 Å². The van der Waals surface area contributed by atoms with Gasteiger partial charge in [0.05, 0.1) is 13.0 Å². The summed E-state index contributed by atoms with van der Waals surface area (Å²) in [6.07, 6.45) is 4.09. The van der Waals surface area contributed by atoms with E-state index in [0.717, 1.165) is 18.0 Å². The van der Waals surface area contributed by atoms with Gasteiger partial charge < -0.3 is 14.2 Å². The van der Waals surface area contributed by atoms with Crippen LogP contribution in [0.4, 0.5) is 0 Å². The SMILES string of the molecule is COc1ncnc2c1nc(CCl)n2C(C)CN1CCCC1. The second kappa shape index (κ2) is 6.15. The number of fused-ring (bicyclic) bond motifs is 1. The Labute approximate surface area is 129 Å². The molecule has 1 atom stereocenters. The second-order valence-electron chi connectivity index (χ2n) is 5.44. The second-order valence-corrected chi connectivity index (χ2v) is 5.71. The summed E-state index contributed by atoms with van der Waals surface area (Å²) < 4.78 is 7.39. The molecule has 21 heavy (non-hydrogen) atoms. The summed E-state index contributed by atoms with van der Waals surface area (Å²) in [5.41, 5.74) is 1.48. The molecule has 0 spiro atoms. The third-order valence-corrected chi connectivity index (χ3v) is 4.23. The summed E-state index contributed by atoms with van der Waals surface area (Å²) in [5, 5.41) is 0. The molecule has 1 aliphatic heterocycles. The summed E-state index contributed by atoms with van der Waals surface area (Å²) in [4.78, 5) is 15.5. The van der Waals surface area contributed by atoms with Crippen LogP contribution >= 0.6 is 11.6 Å². The minimum Gasteiger partial charge on any atom is -0.479 e. The Morgan fingerprint density at radius 2 is 2.10 bits per heavy atom. The fraction of sp³-hybridized carbons (Fsp3) is 0.643. The van der Waals surface area contributed by atoms with E-state index < -0.39 is 0 Å². The molecule has 3 heterocycles. The maximum atomic E-state index is 6.07. The topological polar surface area (TPSA) is 56.1 Å². The van der Waals surface area contributed by atoms with Crippen LogP contribution in [0, 0.1) is 0 Å². The van der Waals surface area contributed by atoms with Crippen LogP contribution in [0.3, 0.4) is 0 Å². The molecule has 0 amide bonds. The van der Waals surface area contributed by atoms with Crippen molar-refractivity contribution in [2.75, 3.05) is 26.7 Å². The van der Waals surface area contributed by atoms with Gasteiger partial charge in [0, 0.05) is 12.6 Å². The fourth-order valence-corrected chi connectivity index (χ4v) is 3.25. The number of aromatic nitrogens is 4. The molecular weight excluding hydrogens is 290 g/mol. The van der Waals surface area contributed by atoms with E-state index in [-0.39, 0.29) is 6.04 Å². The zero-order chi connectivity index (χ0) is 14.8. The van der Waals surface area contributed by atoms with Crippen LogP contribution in [0.15, 0.2) is 6.33 Å². The lowest BCUT2D eigenvalue weighted by Crippen LogP contribution is -2.27. The molecule has 0 bridgehead atoms. The van der Waals surface area contributed by atoms with Gasteiger partial charge in [-0.25, -0.2) is 9.97 Å². The quantitative estimate of drug-likeness (QED) is 0.793. The minimum atomic E-state index is 0.265. The number of methoxy groups -OCH3 is 1. The molecule has 114 valence electrons. The number of halogens is 1. The van der Waals surface area contributed by atoms with Crippen LogP contribution < -0.4 is 4.74 Å². The molecule has 1 fully saturated rings. The van der Waals surface area contributed by atoms with E-state index in [4.69, 9.17) is 16.3 Å². The van der Waals surface area contributed by atoms with Crippen LogP contribution in [0.25, 0.3) is 11.2 Å². The molecule has 2 aromatic heterocycles. The number of imidazole rings is 1. The van der Waals surface area contributed by atoms with Crippen molar-refractivity contribution in [2.45, 2.75) is 31.7 Å². The van der Waals surface area contributed by atoms with Crippen molar-refractivity contribution < 1.29 is 4.74 Å². The van der Waals surface area contributed by atoms with Crippen molar-refractivity contribution in [1.29, 1.82) is 0 Å². The Morgan fingerprint density at radius 3 is 2.76 bits per heavy atom.